The standard InChI is InChI=1S/C19H22N2O5S/c1-12-6-8-14(27(5,24)25)11-15(12)18(22)20-16-10-13(19(23)21(2)3)7-9-17(16)26-4/h6-11H,1-5H3,(H,20,22). The van der Waals surface area contributed by atoms with Crippen LogP contribution in [-0.4, -0.2) is 52.6 Å². The van der Waals surface area contributed by atoms with Gasteiger partial charge in [-0.1, -0.05) is 6.07 Å². The number of amides is 2. The number of rotatable bonds is 5. The summed E-state index contributed by atoms with van der Waals surface area (Å²) in [5, 5.41) is 2.70. The topological polar surface area (TPSA) is 92.8 Å². The van der Waals surface area contributed by atoms with E-state index in [9.17, 15) is 18.0 Å². The number of carbonyl (C=O) groups excluding carboxylic acids is 2. The third-order valence-electron chi connectivity index (χ3n) is 3.98. The Hall–Kier alpha value is -2.87. The minimum absolute atomic E-state index is 0.0572. The number of nitrogens with zero attached hydrogens (tertiary/aromatic N) is 1. The Morgan fingerprint density at radius 3 is 2.30 bits per heavy atom. The molecule has 0 heterocycles. The van der Waals surface area contributed by atoms with Crippen molar-refractivity contribution in [1.29, 1.82) is 0 Å². The molecule has 2 amide bonds. The van der Waals surface area contributed by atoms with Gasteiger partial charge in [-0.05, 0) is 42.8 Å². The molecule has 2 aromatic carbocycles. The fourth-order valence-electron chi connectivity index (χ4n) is 2.46. The van der Waals surface area contributed by atoms with Gasteiger partial charge in [0.25, 0.3) is 11.8 Å². The zero-order valence-electron chi connectivity index (χ0n) is 15.9. The first-order valence-corrected chi connectivity index (χ1v) is 9.95. The highest BCUT2D eigenvalue weighted by molar-refractivity contribution is 7.90. The fraction of sp³-hybridized carbons (Fsp3) is 0.263. The molecule has 0 unspecified atom stereocenters. The highest BCUT2D eigenvalue weighted by atomic mass is 32.2. The molecule has 0 aliphatic rings. The Morgan fingerprint density at radius 2 is 1.74 bits per heavy atom. The molecule has 0 aliphatic heterocycles. The van der Waals surface area contributed by atoms with Gasteiger partial charge in [0.2, 0.25) is 0 Å². The van der Waals surface area contributed by atoms with E-state index in [-0.39, 0.29) is 16.4 Å². The average Bonchev–Trinajstić information content (AvgIpc) is 2.60. The van der Waals surface area contributed by atoms with E-state index in [1.807, 2.05) is 0 Å². The molecule has 144 valence electrons. The van der Waals surface area contributed by atoms with Crippen molar-refractivity contribution in [3.8, 4) is 5.75 Å². The minimum Gasteiger partial charge on any atom is -0.495 e. The molecule has 2 rings (SSSR count). The van der Waals surface area contributed by atoms with E-state index in [0.29, 0.717) is 22.6 Å². The van der Waals surface area contributed by atoms with Gasteiger partial charge < -0.3 is 15.0 Å². The van der Waals surface area contributed by atoms with Gasteiger partial charge in [0, 0.05) is 31.5 Å². The zero-order valence-corrected chi connectivity index (χ0v) is 16.7. The second-order valence-corrected chi connectivity index (χ2v) is 8.33. The lowest BCUT2D eigenvalue weighted by Gasteiger charge is -2.15. The van der Waals surface area contributed by atoms with Crippen LogP contribution in [0.4, 0.5) is 5.69 Å². The van der Waals surface area contributed by atoms with Crippen molar-refractivity contribution in [2.45, 2.75) is 11.8 Å². The number of ether oxygens (including phenoxy) is 1. The second-order valence-electron chi connectivity index (χ2n) is 6.32. The maximum atomic E-state index is 12.7. The van der Waals surface area contributed by atoms with E-state index in [2.05, 4.69) is 5.32 Å². The molecular formula is C19H22N2O5S. The van der Waals surface area contributed by atoms with E-state index >= 15 is 0 Å². The Morgan fingerprint density at radius 1 is 1.07 bits per heavy atom. The molecule has 0 saturated heterocycles. The van der Waals surface area contributed by atoms with Gasteiger partial charge >= 0.3 is 0 Å². The lowest BCUT2D eigenvalue weighted by atomic mass is 10.1. The maximum absolute atomic E-state index is 12.7. The lowest BCUT2D eigenvalue weighted by molar-refractivity contribution is 0.0827. The molecule has 0 spiro atoms. The van der Waals surface area contributed by atoms with Crippen molar-refractivity contribution in [2.75, 3.05) is 32.8 Å². The number of hydrogen-bond acceptors (Lipinski definition) is 5. The number of sulfone groups is 1. The zero-order chi connectivity index (χ0) is 20.4. The van der Waals surface area contributed by atoms with Gasteiger partial charge in [-0.15, -0.1) is 0 Å². The van der Waals surface area contributed by atoms with Crippen LogP contribution < -0.4 is 10.1 Å². The second kappa shape index (κ2) is 7.79. The van der Waals surface area contributed by atoms with Gasteiger partial charge in [-0.3, -0.25) is 9.59 Å². The largest absolute Gasteiger partial charge is 0.495 e. The predicted molar refractivity (Wildman–Crippen MR) is 103 cm³/mol. The number of nitrogens with one attached hydrogen (secondary N) is 1. The smallest absolute Gasteiger partial charge is 0.256 e. The molecule has 8 heteroatoms. The molecule has 2 aromatic rings. The monoisotopic (exact) mass is 390 g/mol. The molecule has 1 N–H and O–H groups in total. The minimum atomic E-state index is -3.44. The van der Waals surface area contributed by atoms with Crippen LogP contribution in [0.1, 0.15) is 26.3 Å². The number of hydrogen-bond donors (Lipinski definition) is 1. The van der Waals surface area contributed by atoms with Gasteiger partial charge in [0.15, 0.2) is 9.84 Å². The van der Waals surface area contributed by atoms with Crippen LogP contribution in [0.15, 0.2) is 41.3 Å². The molecule has 0 aliphatic carbocycles. The number of anilines is 1. The molecular weight excluding hydrogens is 368 g/mol. The Kier molecular flexibility index (Phi) is 5.90. The van der Waals surface area contributed by atoms with Crippen molar-refractivity contribution in [3.63, 3.8) is 0 Å². The van der Waals surface area contributed by atoms with Gasteiger partial charge in [0.05, 0.1) is 17.7 Å². The molecule has 0 radical (unpaired) electrons. The van der Waals surface area contributed by atoms with Crippen LogP contribution in [0.2, 0.25) is 0 Å². The predicted octanol–water partition coefficient (Wildman–Crippen LogP) is 2.36. The van der Waals surface area contributed by atoms with Gasteiger partial charge in [-0.2, -0.15) is 0 Å². The summed E-state index contributed by atoms with van der Waals surface area (Å²) in [5.74, 6) is -0.329. The van der Waals surface area contributed by atoms with E-state index in [1.165, 1.54) is 30.2 Å². The summed E-state index contributed by atoms with van der Waals surface area (Å²) in [6, 6.07) is 9.08. The normalized spacial score (nSPS) is 11.0. The summed E-state index contributed by atoms with van der Waals surface area (Å²) in [6.07, 6.45) is 1.08. The lowest BCUT2D eigenvalue weighted by Crippen LogP contribution is -2.22. The highest BCUT2D eigenvalue weighted by Crippen LogP contribution is 2.27. The van der Waals surface area contributed by atoms with E-state index in [4.69, 9.17) is 4.74 Å². The van der Waals surface area contributed by atoms with Gasteiger partial charge in [0.1, 0.15) is 5.75 Å². The molecule has 0 bridgehead atoms. The third-order valence-corrected chi connectivity index (χ3v) is 5.09. The van der Waals surface area contributed by atoms with Crippen LogP contribution in [0.25, 0.3) is 0 Å². The average molecular weight is 390 g/mol. The Labute approximate surface area is 158 Å². The number of carbonyl (C=O) groups is 2. The highest BCUT2D eigenvalue weighted by Gasteiger charge is 2.18. The van der Waals surface area contributed by atoms with Crippen LogP contribution in [0.5, 0.6) is 5.75 Å². The van der Waals surface area contributed by atoms with Crippen LogP contribution in [0.3, 0.4) is 0 Å². The molecule has 0 aromatic heterocycles. The number of methoxy groups -OCH3 is 1. The first-order valence-electron chi connectivity index (χ1n) is 8.06. The number of aryl methyl sites for hydroxylation is 1. The summed E-state index contributed by atoms with van der Waals surface area (Å²) in [5.41, 5.74) is 1.56. The molecule has 0 fully saturated rings. The Balaban J connectivity index is 2.43. The summed E-state index contributed by atoms with van der Waals surface area (Å²) < 4.78 is 28.8. The van der Waals surface area contributed by atoms with Crippen LogP contribution in [-0.2, 0) is 9.84 Å². The first-order chi connectivity index (χ1) is 12.5. The van der Waals surface area contributed by atoms with Crippen molar-refractivity contribution < 1.29 is 22.7 Å². The van der Waals surface area contributed by atoms with E-state index in [1.54, 1.807) is 39.2 Å². The van der Waals surface area contributed by atoms with Crippen molar-refractivity contribution in [2.24, 2.45) is 0 Å². The summed E-state index contributed by atoms with van der Waals surface area (Å²) >= 11 is 0. The molecule has 27 heavy (non-hydrogen) atoms. The van der Waals surface area contributed by atoms with E-state index in [0.717, 1.165) is 6.26 Å². The Bertz CT molecular complexity index is 997. The van der Waals surface area contributed by atoms with Crippen molar-refractivity contribution in [3.05, 3.63) is 53.1 Å². The summed E-state index contributed by atoms with van der Waals surface area (Å²) in [7, 11) is 1.27. The van der Waals surface area contributed by atoms with E-state index < -0.39 is 15.7 Å². The maximum Gasteiger partial charge on any atom is 0.256 e. The van der Waals surface area contributed by atoms with Crippen molar-refractivity contribution in [1.82, 2.24) is 4.90 Å². The third kappa shape index (κ3) is 4.65. The molecule has 0 saturated carbocycles. The van der Waals surface area contributed by atoms with Crippen molar-refractivity contribution >= 4 is 27.3 Å². The molecule has 0 atom stereocenters. The quantitative estimate of drug-likeness (QED) is 0.846. The van der Waals surface area contributed by atoms with Crippen LogP contribution >= 0.6 is 0 Å². The SMILES string of the molecule is COc1ccc(C(=O)N(C)C)cc1NC(=O)c1cc(S(C)(=O)=O)ccc1C. The fourth-order valence-corrected chi connectivity index (χ4v) is 3.11. The number of benzene rings is 2. The summed E-state index contributed by atoms with van der Waals surface area (Å²) in [6.45, 7) is 1.71. The first kappa shape index (κ1) is 20.4. The van der Waals surface area contributed by atoms with Gasteiger partial charge in [-0.25, -0.2) is 8.42 Å². The summed E-state index contributed by atoms with van der Waals surface area (Å²) in [4.78, 5) is 26.4. The van der Waals surface area contributed by atoms with Crippen LogP contribution in [0, 0.1) is 6.92 Å². The molecule has 7 nitrogen and oxygen atoms in total.